The Morgan fingerprint density at radius 1 is 0.970 bits per heavy atom. The van der Waals surface area contributed by atoms with Crippen molar-refractivity contribution in [2.45, 2.75) is 19.4 Å². The summed E-state index contributed by atoms with van der Waals surface area (Å²) in [5, 5.41) is 34.1. The van der Waals surface area contributed by atoms with Crippen LogP contribution in [0.25, 0.3) is 0 Å². The fourth-order valence-electron chi connectivity index (χ4n) is 3.22. The molecule has 0 spiro atoms. The van der Waals surface area contributed by atoms with Gasteiger partial charge >= 0.3 is 5.97 Å². The zero-order valence-corrected chi connectivity index (χ0v) is 18.3. The quantitative estimate of drug-likeness (QED) is 0.358. The number of nitrogens with one attached hydrogen (secondary N) is 2. The molecule has 2 amide bonds. The molecular formula is C24H21ClN2O6. The van der Waals surface area contributed by atoms with Crippen molar-refractivity contribution < 1.29 is 29.7 Å². The zero-order chi connectivity index (χ0) is 24.1. The minimum atomic E-state index is -1.27. The molecule has 1 atom stereocenters. The molecule has 0 aliphatic heterocycles. The number of carbonyl (C=O) groups excluding carboxylic acids is 2. The number of aryl methyl sites for hydroxylation is 1. The molecule has 5 N–H and O–H groups in total. The van der Waals surface area contributed by atoms with Crippen LogP contribution in [-0.2, 0) is 11.2 Å². The van der Waals surface area contributed by atoms with E-state index < -0.39 is 23.7 Å². The third-order valence-electron chi connectivity index (χ3n) is 4.93. The van der Waals surface area contributed by atoms with Crippen molar-refractivity contribution in [2.75, 3.05) is 5.32 Å². The molecule has 0 aromatic heterocycles. The van der Waals surface area contributed by atoms with Gasteiger partial charge in [0.25, 0.3) is 11.8 Å². The van der Waals surface area contributed by atoms with Gasteiger partial charge in [0.2, 0.25) is 0 Å². The molecular weight excluding hydrogens is 448 g/mol. The van der Waals surface area contributed by atoms with E-state index in [-0.39, 0.29) is 23.6 Å². The van der Waals surface area contributed by atoms with Gasteiger partial charge in [0.05, 0.1) is 16.1 Å². The van der Waals surface area contributed by atoms with E-state index >= 15 is 0 Å². The number of phenolic OH excluding ortho intramolecular Hbond substituents is 2. The highest BCUT2D eigenvalue weighted by molar-refractivity contribution is 6.34. The van der Waals surface area contributed by atoms with Gasteiger partial charge in [-0.3, -0.25) is 9.59 Å². The predicted octanol–water partition coefficient (Wildman–Crippen LogP) is 3.74. The molecule has 0 heterocycles. The number of aromatic hydroxyl groups is 2. The van der Waals surface area contributed by atoms with Crippen LogP contribution in [-0.4, -0.2) is 39.1 Å². The van der Waals surface area contributed by atoms with E-state index in [0.717, 1.165) is 11.6 Å². The van der Waals surface area contributed by atoms with Gasteiger partial charge in [-0.25, -0.2) is 4.79 Å². The maximum absolute atomic E-state index is 12.6. The van der Waals surface area contributed by atoms with Crippen LogP contribution in [0.2, 0.25) is 5.02 Å². The predicted molar refractivity (Wildman–Crippen MR) is 123 cm³/mol. The lowest BCUT2D eigenvalue weighted by Gasteiger charge is -2.16. The summed E-state index contributed by atoms with van der Waals surface area (Å²) in [4.78, 5) is 36.6. The zero-order valence-electron chi connectivity index (χ0n) is 17.5. The third kappa shape index (κ3) is 5.81. The third-order valence-corrected chi connectivity index (χ3v) is 5.24. The lowest BCUT2D eigenvalue weighted by molar-refractivity contribution is -0.139. The number of carbonyl (C=O) groups is 3. The normalized spacial score (nSPS) is 11.5. The minimum absolute atomic E-state index is 0.0300. The lowest BCUT2D eigenvalue weighted by atomic mass is 10.0. The second-order valence-corrected chi connectivity index (χ2v) is 7.76. The molecule has 0 radical (unpaired) electrons. The van der Waals surface area contributed by atoms with Crippen LogP contribution >= 0.6 is 11.6 Å². The van der Waals surface area contributed by atoms with Crippen LogP contribution in [0, 0.1) is 6.92 Å². The highest BCUT2D eigenvalue weighted by Crippen LogP contribution is 2.23. The lowest BCUT2D eigenvalue weighted by Crippen LogP contribution is -2.42. The first kappa shape index (κ1) is 23.6. The molecule has 0 bridgehead atoms. The fourth-order valence-corrected chi connectivity index (χ4v) is 3.53. The van der Waals surface area contributed by atoms with Gasteiger partial charge in [-0.2, -0.15) is 0 Å². The fraction of sp³-hybridized carbons (Fsp3) is 0.125. The van der Waals surface area contributed by atoms with Gasteiger partial charge in [-0.1, -0.05) is 35.9 Å². The smallest absolute Gasteiger partial charge is 0.326 e. The monoisotopic (exact) mass is 468 g/mol. The average molecular weight is 469 g/mol. The number of halogens is 1. The van der Waals surface area contributed by atoms with Gasteiger partial charge in [0, 0.05) is 18.2 Å². The van der Waals surface area contributed by atoms with Crippen LogP contribution in [0.3, 0.4) is 0 Å². The van der Waals surface area contributed by atoms with Crippen LogP contribution in [0.4, 0.5) is 5.69 Å². The average Bonchev–Trinajstić information content (AvgIpc) is 2.74. The van der Waals surface area contributed by atoms with Crippen LogP contribution in [0.15, 0.2) is 60.7 Å². The number of carboxylic acids is 1. The van der Waals surface area contributed by atoms with Crippen molar-refractivity contribution in [1.29, 1.82) is 0 Å². The van der Waals surface area contributed by atoms with Gasteiger partial charge < -0.3 is 26.0 Å². The Hall–Kier alpha value is -4.04. The first-order chi connectivity index (χ1) is 15.7. The number of hydrogen-bond donors (Lipinski definition) is 5. The van der Waals surface area contributed by atoms with Crippen molar-refractivity contribution in [3.05, 3.63) is 87.9 Å². The van der Waals surface area contributed by atoms with E-state index in [0.29, 0.717) is 21.8 Å². The van der Waals surface area contributed by atoms with E-state index in [1.54, 1.807) is 49.4 Å². The second-order valence-electron chi connectivity index (χ2n) is 7.35. The summed E-state index contributed by atoms with van der Waals surface area (Å²) >= 11 is 6.13. The van der Waals surface area contributed by atoms with E-state index in [1.165, 1.54) is 12.1 Å². The molecule has 3 aromatic rings. The van der Waals surface area contributed by atoms with E-state index in [9.17, 15) is 29.7 Å². The van der Waals surface area contributed by atoms with E-state index in [1.807, 2.05) is 0 Å². The van der Waals surface area contributed by atoms with E-state index in [4.69, 9.17) is 11.6 Å². The Bertz CT molecular complexity index is 1190. The molecule has 9 heteroatoms. The minimum Gasteiger partial charge on any atom is -0.508 e. The summed E-state index contributed by atoms with van der Waals surface area (Å²) in [5.41, 5.74) is 2.04. The molecule has 8 nitrogen and oxygen atoms in total. The molecule has 0 saturated carbocycles. The Labute approximate surface area is 194 Å². The summed E-state index contributed by atoms with van der Waals surface area (Å²) in [6.45, 7) is 1.78. The second kappa shape index (κ2) is 10.1. The Kier molecular flexibility index (Phi) is 7.20. The number of aliphatic carboxylic acids is 1. The molecule has 33 heavy (non-hydrogen) atoms. The summed E-state index contributed by atoms with van der Waals surface area (Å²) in [7, 11) is 0. The van der Waals surface area contributed by atoms with Crippen LogP contribution < -0.4 is 10.6 Å². The van der Waals surface area contributed by atoms with Crippen molar-refractivity contribution in [1.82, 2.24) is 5.32 Å². The molecule has 1 unspecified atom stereocenters. The largest absolute Gasteiger partial charge is 0.508 e. The Morgan fingerprint density at radius 3 is 2.27 bits per heavy atom. The maximum Gasteiger partial charge on any atom is 0.326 e. The summed E-state index contributed by atoms with van der Waals surface area (Å²) in [5.74, 6) is -3.11. The first-order valence-electron chi connectivity index (χ1n) is 9.86. The van der Waals surface area contributed by atoms with Gasteiger partial charge in [-0.15, -0.1) is 0 Å². The first-order valence-corrected chi connectivity index (χ1v) is 10.2. The van der Waals surface area contributed by atoms with E-state index in [2.05, 4.69) is 10.6 Å². The summed E-state index contributed by atoms with van der Waals surface area (Å²) < 4.78 is 0. The van der Waals surface area contributed by atoms with Crippen molar-refractivity contribution in [3.63, 3.8) is 0 Å². The number of amides is 2. The number of rotatable bonds is 7. The van der Waals surface area contributed by atoms with Gasteiger partial charge in [-0.05, 0) is 48.4 Å². The van der Waals surface area contributed by atoms with Gasteiger partial charge in [0.15, 0.2) is 0 Å². The summed E-state index contributed by atoms with van der Waals surface area (Å²) in [6.07, 6.45) is -0.0300. The maximum atomic E-state index is 12.6. The highest BCUT2D eigenvalue weighted by atomic mass is 35.5. The molecule has 3 rings (SSSR count). The number of hydrogen-bond acceptors (Lipinski definition) is 5. The van der Waals surface area contributed by atoms with Crippen LogP contribution in [0.5, 0.6) is 11.5 Å². The molecule has 0 aliphatic rings. The summed E-state index contributed by atoms with van der Waals surface area (Å²) in [6, 6.07) is 13.8. The standard InChI is InChI=1S/C24H21ClN2O6/c1-13-3-2-4-18(25)21(13)23(31)26-15-7-5-14(6-8-15)11-19(24(32)33)27-22(30)17-10-9-16(28)12-20(17)29/h2-10,12,19,28-29H,11H2,1H3,(H,26,31)(H,27,30)(H,32,33). The van der Waals surface area contributed by atoms with Crippen molar-refractivity contribution in [2.24, 2.45) is 0 Å². The highest BCUT2D eigenvalue weighted by Gasteiger charge is 2.23. The molecule has 0 aliphatic carbocycles. The number of phenols is 2. The molecule has 0 fully saturated rings. The Balaban J connectivity index is 1.68. The van der Waals surface area contributed by atoms with Crippen molar-refractivity contribution >= 4 is 35.1 Å². The number of benzene rings is 3. The van der Waals surface area contributed by atoms with Crippen molar-refractivity contribution in [3.8, 4) is 11.5 Å². The van der Waals surface area contributed by atoms with Gasteiger partial charge in [0.1, 0.15) is 17.5 Å². The number of carboxylic acid groups (broad SMARTS) is 1. The number of anilines is 1. The Morgan fingerprint density at radius 2 is 1.67 bits per heavy atom. The molecule has 0 saturated heterocycles. The molecule has 170 valence electrons. The topological polar surface area (TPSA) is 136 Å². The molecule has 3 aromatic carbocycles. The van der Waals surface area contributed by atoms with Crippen LogP contribution in [0.1, 0.15) is 31.8 Å². The SMILES string of the molecule is Cc1cccc(Cl)c1C(=O)Nc1ccc(CC(NC(=O)c2ccc(O)cc2O)C(=O)O)cc1.